The van der Waals surface area contributed by atoms with E-state index in [4.69, 9.17) is 20.9 Å². The Labute approximate surface area is 156 Å². The van der Waals surface area contributed by atoms with Crippen LogP contribution < -0.4 is 10.1 Å². The van der Waals surface area contributed by atoms with Crippen LogP contribution in [-0.2, 0) is 9.15 Å². The van der Waals surface area contributed by atoms with Gasteiger partial charge in [-0.1, -0.05) is 29.8 Å². The minimum Gasteiger partial charge on any atom is -0.478 e. The third kappa shape index (κ3) is 7.79. The Balaban J connectivity index is 1.58. The second kappa shape index (κ2) is 10.2. The molecule has 2 N–H and O–H groups in total. The Kier molecular flexibility index (Phi) is 8.25. The third-order valence-electron chi connectivity index (χ3n) is 3.40. The molecule has 0 fully saturated rings. The fourth-order valence-electron chi connectivity index (χ4n) is 2.23. The molecule has 2 rings (SSSR count). The molecule has 0 saturated heterocycles. The molecule has 138 valence electrons. The molecule has 2 aromatic rings. The van der Waals surface area contributed by atoms with E-state index >= 15 is 0 Å². The number of para-hydroxylation sites is 1. The largest absolute Gasteiger partial charge is 0.478 e. The van der Waals surface area contributed by atoms with Crippen molar-refractivity contribution in [1.82, 2.24) is 10.3 Å². The maximum atomic E-state index is 10.5. The van der Waals surface area contributed by atoms with Gasteiger partial charge >= 0.3 is 9.15 Å². The zero-order valence-corrected chi connectivity index (χ0v) is 16.0. The summed E-state index contributed by atoms with van der Waals surface area (Å²) >= 11 is 6.23. The fourth-order valence-corrected chi connectivity index (χ4v) is 3.81. The van der Waals surface area contributed by atoms with E-state index in [-0.39, 0.29) is 0 Å². The predicted octanol–water partition coefficient (Wildman–Crippen LogP) is 3.56. The zero-order valence-electron chi connectivity index (χ0n) is 13.7. The van der Waals surface area contributed by atoms with E-state index in [9.17, 15) is 8.42 Å². The van der Waals surface area contributed by atoms with Gasteiger partial charge < -0.3 is 10.1 Å². The van der Waals surface area contributed by atoms with Crippen molar-refractivity contribution in [3.05, 3.63) is 35.4 Å². The van der Waals surface area contributed by atoms with Gasteiger partial charge in [-0.05, 0) is 42.7 Å². The second-order valence-electron chi connectivity index (χ2n) is 5.37. The van der Waals surface area contributed by atoms with Crippen molar-refractivity contribution >= 4 is 42.4 Å². The van der Waals surface area contributed by atoms with Crippen molar-refractivity contribution in [2.24, 2.45) is 0 Å². The van der Waals surface area contributed by atoms with Crippen LogP contribution in [0.15, 0.2) is 30.3 Å². The minimum atomic E-state index is -3.93. The first kappa shape index (κ1) is 20.3. The highest BCUT2D eigenvalue weighted by molar-refractivity contribution is 8.69. The van der Waals surface area contributed by atoms with E-state index in [1.807, 2.05) is 24.3 Å². The lowest BCUT2D eigenvalue weighted by Crippen LogP contribution is -2.19. The van der Waals surface area contributed by atoms with Gasteiger partial charge in [0.15, 0.2) is 0 Å². The number of pyridine rings is 1. The number of rotatable bonds is 11. The molecule has 0 saturated carbocycles. The Morgan fingerprint density at radius 1 is 1.20 bits per heavy atom. The summed E-state index contributed by atoms with van der Waals surface area (Å²) in [6.45, 7) is 1.91. The summed E-state index contributed by atoms with van der Waals surface area (Å²) in [6.07, 6.45) is 2.85. The Bertz CT molecular complexity index is 787. The summed E-state index contributed by atoms with van der Waals surface area (Å²) in [5, 5.41) is 4.67. The van der Waals surface area contributed by atoms with Gasteiger partial charge in [0, 0.05) is 23.8 Å². The van der Waals surface area contributed by atoms with E-state index in [1.165, 1.54) is 0 Å². The number of hydrogen-bond acceptors (Lipinski definition) is 6. The van der Waals surface area contributed by atoms with Gasteiger partial charge in [-0.2, -0.15) is 8.42 Å². The molecule has 0 spiro atoms. The van der Waals surface area contributed by atoms with E-state index in [0.29, 0.717) is 40.6 Å². The molecule has 0 unspecified atom stereocenters. The number of nitrogens with zero attached hydrogens (tertiary/aromatic N) is 1. The molecule has 0 aliphatic heterocycles. The number of nitrogens with one attached hydrogen (secondary N) is 1. The summed E-state index contributed by atoms with van der Waals surface area (Å²) < 4.78 is 35.3. The average Bonchev–Trinajstić information content (AvgIpc) is 2.55. The average molecular weight is 405 g/mol. The summed E-state index contributed by atoms with van der Waals surface area (Å²) in [7, 11) is -3.39. The molecule has 1 aromatic carbocycles. The molecule has 0 amide bonds. The number of aromatic nitrogens is 1. The van der Waals surface area contributed by atoms with Crippen LogP contribution in [0.25, 0.3) is 10.9 Å². The highest BCUT2D eigenvalue weighted by Gasteiger charge is 2.05. The van der Waals surface area contributed by atoms with Crippen LogP contribution in [0.4, 0.5) is 0 Å². The summed E-state index contributed by atoms with van der Waals surface area (Å²) in [4.78, 5) is 4.43. The van der Waals surface area contributed by atoms with Crippen molar-refractivity contribution in [1.29, 1.82) is 0 Å². The summed E-state index contributed by atoms with van der Waals surface area (Å²) in [6, 6.07) is 9.40. The third-order valence-corrected chi connectivity index (χ3v) is 5.78. The molecule has 0 aliphatic rings. The summed E-state index contributed by atoms with van der Waals surface area (Å²) in [5.74, 6) is 0.861. The van der Waals surface area contributed by atoms with Crippen LogP contribution >= 0.6 is 22.4 Å². The fraction of sp³-hybridized carbons (Fsp3) is 0.438. The highest BCUT2D eigenvalue weighted by Crippen LogP contribution is 2.25. The summed E-state index contributed by atoms with van der Waals surface area (Å²) in [5.41, 5.74) is 0.817. The van der Waals surface area contributed by atoms with Gasteiger partial charge in [0.2, 0.25) is 5.88 Å². The number of fused-ring (bicyclic) bond motifs is 1. The lowest BCUT2D eigenvalue weighted by atomic mass is 10.2. The lowest BCUT2D eigenvalue weighted by molar-refractivity contribution is 0.295. The van der Waals surface area contributed by atoms with E-state index in [1.54, 1.807) is 6.07 Å². The molecule has 25 heavy (non-hydrogen) atoms. The minimum absolute atomic E-state index is 0.330. The van der Waals surface area contributed by atoms with Gasteiger partial charge in [-0.3, -0.25) is 4.55 Å². The van der Waals surface area contributed by atoms with Gasteiger partial charge in [-0.25, -0.2) is 4.98 Å². The molecular weight excluding hydrogens is 384 g/mol. The molecule has 1 aromatic heterocycles. The van der Waals surface area contributed by atoms with Gasteiger partial charge in [0.05, 0.1) is 17.1 Å². The SMILES string of the molecule is O=S(=O)(O)SCCNCCCCCOc1cc(Cl)c2ccccc2n1. The number of ether oxygens (including phenoxy) is 1. The number of hydrogen-bond donors (Lipinski definition) is 2. The standard InChI is InChI=1S/C16H21ClN2O4S2/c17-14-12-16(19-15-7-3-2-6-13(14)15)23-10-5-1-4-8-18-9-11-24-25(20,21)22/h2-3,6-7,12,18H,1,4-5,8-11H2,(H,20,21,22). The van der Waals surface area contributed by atoms with E-state index < -0.39 is 9.15 Å². The van der Waals surface area contributed by atoms with Crippen LogP contribution in [0.5, 0.6) is 5.88 Å². The van der Waals surface area contributed by atoms with E-state index in [0.717, 1.165) is 36.7 Å². The number of halogens is 1. The number of unbranched alkanes of at least 4 members (excludes halogenated alkanes) is 2. The number of benzene rings is 1. The first-order chi connectivity index (χ1) is 12.0. The quantitative estimate of drug-likeness (QED) is 0.336. The van der Waals surface area contributed by atoms with Crippen LogP contribution in [0.3, 0.4) is 0 Å². The highest BCUT2D eigenvalue weighted by atomic mass is 35.5. The van der Waals surface area contributed by atoms with Gasteiger partial charge in [0.25, 0.3) is 0 Å². The van der Waals surface area contributed by atoms with Gasteiger partial charge in [-0.15, -0.1) is 0 Å². The lowest BCUT2D eigenvalue weighted by Gasteiger charge is -2.08. The van der Waals surface area contributed by atoms with Crippen LogP contribution in [-0.4, -0.2) is 43.4 Å². The Hall–Kier alpha value is -1.06. The van der Waals surface area contributed by atoms with Crippen molar-refractivity contribution in [3.8, 4) is 5.88 Å². The maximum absolute atomic E-state index is 10.5. The van der Waals surface area contributed by atoms with Crippen LogP contribution in [0.1, 0.15) is 19.3 Å². The molecular formula is C16H21ClN2O4S2. The first-order valence-electron chi connectivity index (χ1n) is 7.96. The molecule has 6 nitrogen and oxygen atoms in total. The maximum Gasteiger partial charge on any atom is 0.319 e. The van der Waals surface area contributed by atoms with Crippen LogP contribution in [0, 0.1) is 0 Å². The second-order valence-corrected chi connectivity index (χ2v) is 9.25. The normalized spacial score (nSPS) is 11.8. The molecule has 0 atom stereocenters. The van der Waals surface area contributed by atoms with E-state index in [2.05, 4.69) is 10.3 Å². The molecule has 0 aliphatic carbocycles. The molecule has 0 bridgehead atoms. The Morgan fingerprint density at radius 2 is 2.00 bits per heavy atom. The topological polar surface area (TPSA) is 88.5 Å². The smallest absolute Gasteiger partial charge is 0.319 e. The van der Waals surface area contributed by atoms with Crippen LogP contribution in [0.2, 0.25) is 5.02 Å². The molecule has 0 radical (unpaired) electrons. The van der Waals surface area contributed by atoms with Crippen molar-refractivity contribution < 1.29 is 17.7 Å². The molecule has 9 heteroatoms. The Morgan fingerprint density at radius 3 is 2.80 bits per heavy atom. The van der Waals surface area contributed by atoms with Crippen molar-refractivity contribution in [2.75, 3.05) is 25.4 Å². The zero-order chi connectivity index (χ0) is 18.1. The monoisotopic (exact) mass is 404 g/mol. The van der Waals surface area contributed by atoms with Crippen molar-refractivity contribution in [3.63, 3.8) is 0 Å². The van der Waals surface area contributed by atoms with Gasteiger partial charge in [0.1, 0.15) is 0 Å². The predicted molar refractivity (Wildman–Crippen MR) is 103 cm³/mol. The van der Waals surface area contributed by atoms with Crippen molar-refractivity contribution in [2.45, 2.75) is 19.3 Å². The molecule has 1 heterocycles. The first-order valence-corrected chi connectivity index (χ1v) is 11.3.